The molecule has 3 rings (SSSR count). The van der Waals surface area contributed by atoms with Crippen LogP contribution < -0.4 is 25.5 Å². The van der Waals surface area contributed by atoms with Crippen LogP contribution in [0.25, 0.3) is 0 Å². The fourth-order valence-corrected chi connectivity index (χ4v) is 4.98. The maximum Gasteiger partial charge on any atom is 0.337 e. The number of allylic oxidation sites excluding steroid dienone is 1. The van der Waals surface area contributed by atoms with E-state index in [1.807, 2.05) is 22.6 Å². The molecular weight excluding hydrogens is 663 g/mol. The van der Waals surface area contributed by atoms with Gasteiger partial charge in [0.25, 0.3) is 0 Å². The Labute approximate surface area is 235 Å². The number of carbonyl (C=O) groups is 2. The number of rotatable bonds is 10. The van der Waals surface area contributed by atoms with Crippen molar-refractivity contribution in [1.29, 1.82) is 0 Å². The first-order valence-electron chi connectivity index (χ1n) is 11.0. The maximum absolute atomic E-state index is 12.4. The first-order valence-corrected chi connectivity index (χ1v) is 12.9. The van der Waals surface area contributed by atoms with Crippen molar-refractivity contribution in [2.75, 3.05) is 20.3 Å². The predicted octanol–water partition coefficient (Wildman–Crippen LogP) is 3.28. The highest BCUT2D eigenvalue weighted by Crippen LogP contribution is 2.35. The van der Waals surface area contributed by atoms with Crippen LogP contribution in [-0.4, -0.2) is 55.0 Å². The molecule has 0 aromatic heterocycles. The third-order valence-corrected chi connectivity index (χ3v) is 6.58. The van der Waals surface area contributed by atoms with Crippen molar-refractivity contribution in [2.45, 2.75) is 26.1 Å². The smallest absolute Gasteiger partial charge is 0.337 e. The molecule has 0 spiro atoms. The molecule has 11 nitrogen and oxygen atoms in total. The number of benzene rings is 2. The lowest BCUT2D eigenvalue weighted by Gasteiger charge is -2.28. The lowest BCUT2D eigenvalue weighted by atomic mass is 9.95. The SMILES string of the molecule is CCOc1cc([C@H]2NC(=O)NC(C)=C2C(=O)OC)ccc1OC[C@H](O)N/N=C\c1cc(Br)c(O)c(I)c1. The van der Waals surface area contributed by atoms with Crippen LogP contribution in [0.5, 0.6) is 17.2 Å². The number of urea groups is 1. The van der Waals surface area contributed by atoms with Crippen molar-refractivity contribution in [1.82, 2.24) is 16.1 Å². The van der Waals surface area contributed by atoms with E-state index in [-0.39, 0.29) is 17.9 Å². The fourth-order valence-electron chi connectivity index (χ4n) is 3.48. The zero-order valence-electron chi connectivity index (χ0n) is 20.2. The molecule has 0 saturated carbocycles. The summed E-state index contributed by atoms with van der Waals surface area (Å²) in [7, 11) is 1.27. The molecule has 2 aromatic carbocycles. The number of nitrogens with one attached hydrogen (secondary N) is 3. The van der Waals surface area contributed by atoms with Crippen LogP contribution in [0.4, 0.5) is 4.79 Å². The van der Waals surface area contributed by atoms with Gasteiger partial charge in [-0.1, -0.05) is 6.07 Å². The number of hydrogen-bond acceptors (Lipinski definition) is 9. The van der Waals surface area contributed by atoms with Crippen LogP contribution in [0.2, 0.25) is 0 Å². The normalized spacial score (nSPS) is 16.2. The Morgan fingerprint density at radius 2 is 2.05 bits per heavy atom. The van der Waals surface area contributed by atoms with Gasteiger partial charge in [-0.05, 0) is 87.8 Å². The molecule has 2 amide bonds. The summed E-state index contributed by atoms with van der Waals surface area (Å²) in [5, 5.41) is 29.4. The van der Waals surface area contributed by atoms with Crippen LogP contribution >= 0.6 is 38.5 Å². The first kappa shape index (κ1) is 28.5. The molecule has 1 aliphatic rings. The maximum atomic E-state index is 12.4. The summed E-state index contributed by atoms with van der Waals surface area (Å²) in [5.41, 5.74) is 4.53. The Bertz CT molecular complexity index is 1210. The van der Waals surface area contributed by atoms with Gasteiger partial charge in [-0.3, -0.25) is 5.43 Å². The summed E-state index contributed by atoms with van der Waals surface area (Å²) in [4.78, 5) is 24.4. The van der Waals surface area contributed by atoms with Gasteiger partial charge in [0.1, 0.15) is 12.4 Å². The number of phenolic OH excluding ortho intramolecular Hbond substituents is 1. The van der Waals surface area contributed by atoms with E-state index in [1.54, 1.807) is 44.2 Å². The molecule has 0 bridgehead atoms. The number of amides is 2. The number of phenols is 1. The van der Waals surface area contributed by atoms with Crippen LogP contribution in [0.1, 0.15) is 31.0 Å². The summed E-state index contributed by atoms with van der Waals surface area (Å²) < 4.78 is 17.5. The van der Waals surface area contributed by atoms with Gasteiger partial charge in [0.2, 0.25) is 0 Å². The number of aliphatic hydroxyl groups is 1. The highest BCUT2D eigenvalue weighted by atomic mass is 127. The zero-order chi connectivity index (χ0) is 27.1. The number of aliphatic hydroxyl groups excluding tert-OH is 1. The summed E-state index contributed by atoms with van der Waals surface area (Å²) in [6.07, 6.45) is 0.364. The Kier molecular flexibility index (Phi) is 10.00. The van der Waals surface area contributed by atoms with Gasteiger partial charge in [-0.2, -0.15) is 5.10 Å². The van der Waals surface area contributed by atoms with Crippen molar-refractivity contribution >= 4 is 56.7 Å². The number of nitrogens with zero attached hydrogens (tertiary/aromatic N) is 1. The minimum Gasteiger partial charge on any atom is -0.506 e. The van der Waals surface area contributed by atoms with Crippen LogP contribution in [0.3, 0.4) is 0 Å². The average molecular weight is 689 g/mol. The molecule has 1 heterocycles. The van der Waals surface area contributed by atoms with E-state index >= 15 is 0 Å². The van der Waals surface area contributed by atoms with Gasteiger partial charge in [0.05, 0.1) is 39.6 Å². The van der Waals surface area contributed by atoms with Crippen molar-refractivity contribution < 1.29 is 34.0 Å². The van der Waals surface area contributed by atoms with E-state index in [9.17, 15) is 19.8 Å². The highest BCUT2D eigenvalue weighted by Gasteiger charge is 2.32. The summed E-state index contributed by atoms with van der Waals surface area (Å²) in [6.45, 7) is 3.62. The van der Waals surface area contributed by atoms with Crippen molar-refractivity contribution in [3.63, 3.8) is 0 Å². The number of esters is 1. The minimum absolute atomic E-state index is 0.144. The number of ether oxygens (including phenoxy) is 3. The van der Waals surface area contributed by atoms with Crippen molar-refractivity contribution in [3.05, 3.63) is 60.8 Å². The number of hydrogen-bond donors (Lipinski definition) is 5. The number of aromatic hydroxyl groups is 1. The summed E-state index contributed by atoms with van der Waals surface area (Å²) in [6, 6.07) is 7.20. The fraction of sp³-hybridized carbons (Fsp3) is 0.292. The lowest BCUT2D eigenvalue weighted by Crippen LogP contribution is -2.45. The standard InChI is InChI=1S/C24H26BrIN4O7/c1-4-36-18-9-14(21-20(23(33)35-3)12(2)28-24(34)29-21)5-6-17(18)37-11-19(31)30-27-10-13-7-15(25)22(32)16(26)8-13/h5-10,19,21,30-32H,4,11H2,1-3H3,(H2,28,29,34)/b27-10-/t19-,21+/m0/s1. The predicted molar refractivity (Wildman–Crippen MR) is 147 cm³/mol. The molecule has 5 N–H and O–H groups in total. The molecule has 2 atom stereocenters. The number of methoxy groups -OCH3 is 1. The molecule has 198 valence electrons. The van der Waals surface area contributed by atoms with Gasteiger partial charge in [-0.15, -0.1) is 0 Å². The van der Waals surface area contributed by atoms with Crippen molar-refractivity contribution in [3.8, 4) is 17.2 Å². The Balaban J connectivity index is 1.71. The molecule has 0 aliphatic carbocycles. The van der Waals surface area contributed by atoms with Crippen molar-refractivity contribution in [2.24, 2.45) is 5.10 Å². The molecule has 1 aliphatic heterocycles. The summed E-state index contributed by atoms with van der Waals surface area (Å²) in [5.74, 6) is 0.296. The number of carbonyl (C=O) groups excluding carboxylic acids is 2. The number of halogens is 2. The third kappa shape index (κ3) is 7.26. The van der Waals surface area contributed by atoms with E-state index in [1.165, 1.54) is 13.3 Å². The second kappa shape index (κ2) is 13.0. The van der Waals surface area contributed by atoms with Gasteiger partial charge in [0, 0.05) is 5.70 Å². The lowest BCUT2D eigenvalue weighted by molar-refractivity contribution is -0.136. The molecule has 13 heteroatoms. The second-order valence-corrected chi connectivity index (χ2v) is 9.76. The first-order chi connectivity index (χ1) is 17.6. The molecule has 0 fully saturated rings. The third-order valence-electron chi connectivity index (χ3n) is 5.15. The van der Waals surface area contributed by atoms with E-state index in [0.29, 0.717) is 43.0 Å². The quantitative estimate of drug-likeness (QED) is 0.0840. The van der Waals surface area contributed by atoms with Gasteiger partial charge < -0.3 is 35.1 Å². The van der Waals surface area contributed by atoms with Gasteiger partial charge in [0.15, 0.2) is 17.7 Å². The van der Waals surface area contributed by atoms with Crippen LogP contribution in [0.15, 0.2) is 51.2 Å². The van der Waals surface area contributed by atoms with Gasteiger partial charge in [-0.25, -0.2) is 9.59 Å². The van der Waals surface area contributed by atoms with E-state index < -0.39 is 24.3 Å². The topological polar surface area (TPSA) is 151 Å². The van der Waals surface area contributed by atoms with E-state index in [2.05, 4.69) is 37.1 Å². The molecule has 0 radical (unpaired) electrons. The second-order valence-electron chi connectivity index (χ2n) is 7.75. The Morgan fingerprint density at radius 1 is 1.30 bits per heavy atom. The largest absolute Gasteiger partial charge is 0.506 e. The average Bonchev–Trinajstić information content (AvgIpc) is 2.85. The number of hydrazone groups is 1. The van der Waals surface area contributed by atoms with E-state index in [4.69, 9.17) is 14.2 Å². The van der Waals surface area contributed by atoms with Gasteiger partial charge >= 0.3 is 12.0 Å². The Hall–Kier alpha value is -3.04. The molecule has 0 unspecified atom stereocenters. The minimum atomic E-state index is -1.13. The summed E-state index contributed by atoms with van der Waals surface area (Å²) >= 11 is 5.27. The molecule has 37 heavy (non-hydrogen) atoms. The monoisotopic (exact) mass is 688 g/mol. The molecule has 2 aromatic rings. The van der Waals surface area contributed by atoms with E-state index in [0.717, 1.165) is 0 Å². The zero-order valence-corrected chi connectivity index (χ0v) is 23.9. The highest BCUT2D eigenvalue weighted by molar-refractivity contribution is 14.1. The molecular formula is C24H26BrIN4O7. The van der Waals surface area contributed by atoms with Crippen LogP contribution in [0, 0.1) is 3.57 Å². The molecule has 0 saturated heterocycles. The van der Waals surface area contributed by atoms with Crippen LogP contribution in [-0.2, 0) is 9.53 Å². The Morgan fingerprint density at radius 3 is 2.73 bits per heavy atom.